The highest BCUT2D eigenvalue weighted by atomic mass is 32.2. The van der Waals surface area contributed by atoms with Crippen LogP contribution in [0.5, 0.6) is 0 Å². The van der Waals surface area contributed by atoms with Crippen LogP contribution in [-0.2, 0) is 6.54 Å². The van der Waals surface area contributed by atoms with Crippen LogP contribution in [0.25, 0.3) is 10.9 Å². The number of nitrogens with one attached hydrogen (secondary N) is 1. The van der Waals surface area contributed by atoms with Crippen LogP contribution in [0.4, 0.5) is 0 Å². The van der Waals surface area contributed by atoms with E-state index in [0.29, 0.717) is 6.04 Å². The molecule has 1 heterocycles. The summed E-state index contributed by atoms with van der Waals surface area (Å²) in [5.41, 5.74) is 2.45. The Kier molecular flexibility index (Phi) is 4.04. The van der Waals surface area contributed by atoms with E-state index in [1.54, 1.807) is 0 Å². The molecule has 2 aromatic rings. The molecule has 1 aliphatic rings. The van der Waals surface area contributed by atoms with Gasteiger partial charge in [-0.25, -0.2) is 0 Å². The van der Waals surface area contributed by atoms with Crippen LogP contribution in [-0.4, -0.2) is 22.5 Å². The highest BCUT2D eigenvalue weighted by Gasteiger charge is 2.25. The van der Waals surface area contributed by atoms with E-state index in [9.17, 15) is 0 Å². The molecule has 1 N–H and O–H groups in total. The molecule has 2 nitrogen and oxygen atoms in total. The van der Waals surface area contributed by atoms with Gasteiger partial charge in [-0.15, -0.1) is 0 Å². The Morgan fingerprint density at radius 1 is 1.26 bits per heavy atom. The van der Waals surface area contributed by atoms with Crippen molar-refractivity contribution >= 4 is 22.7 Å². The number of hydrogen-bond acceptors (Lipinski definition) is 3. The lowest BCUT2D eigenvalue weighted by Gasteiger charge is -2.19. The van der Waals surface area contributed by atoms with Crippen molar-refractivity contribution in [2.45, 2.75) is 37.1 Å². The van der Waals surface area contributed by atoms with Gasteiger partial charge in [0.2, 0.25) is 0 Å². The number of thioether (sulfide) groups is 1. The zero-order valence-electron chi connectivity index (χ0n) is 11.3. The van der Waals surface area contributed by atoms with E-state index in [-0.39, 0.29) is 0 Å². The number of pyridine rings is 1. The van der Waals surface area contributed by atoms with Gasteiger partial charge >= 0.3 is 0 Å². The molecule has 19 heavy (non-hydrogen) atoms. The van der Waals surface area contributed by atoms with E-state index in [0.717, 1.165) is 17.3 Å². The molecule has 1 saturated carbocycles. The summed E-state index contributed by atoms with van der Waals surface area (Å²) in [6, 6.07) is 11.2. The molecular formula is C16H20N2S. The van der Waals surface area contributed by atoms with Crippen LogP contribution < -0.4 is 5.32 Å². The molecule has 0 amide bonds. The minimum Gasteiger partial charge on any atom is -0.309 e. The normalized spacial score (nSPS) is 23.0. The lowest BCUT2D eigenvalue weighted by Crippen LogP contribution is -2.33. The third kappa shape index (κ3) is 2.77. The van der Waals surface area contributed by atoms with Crippen molar-refractivity contribution < 1.29 is 0 Å². The molecule has 1 aromatic carbocycles. The van der Waals surface area contributed by atoms with Gasteiger partial charge in [-0.3, -0.25) is 4.98 Å². The third-order valence-corrected chi connectivity index (χ3v) is 5.22. The predicted octanol–water partition coefficient (Wildman–Crippen LogP) is 3.61. The van der Waals surface area contributed by atoms with Crippen LogP contribution in [0.15, 0.2) is 36.5 Å². The third-order valence-electron chi connectivity index (χ3n) is 4.05. The zero-order chi connectivity index (χ0) is 13.1. The number of nitrogens with zero attached hydrogens (tertiary/aromatic N) is 1. The monoisotopic (exact) mass is 272 g/mol. The Hall–Kier alpha value is -1.06. The second-order valence-corrected chi connectivity index (χ2v) is 6.26. The number of benzene rings is 1. The Bertz CT molecular complexity index is 550. The fourth-order valence-electron chi connectivity index (χ4n) is 2.99. The van der Waals surface area contributed by atoms with Gasteiger partial charge in [-0.05, 0) is 36.8 Å². The number of rotatable bonds is 4. The second-order valence-electron chi connectivity index (χ2n) is 5.18. The average Bonchev–Trinajstić information content (AvgIpc) is 2.92. The van der Waals surface area contributed by atoms with E-state index in [1.165, 1.54) is 30.2 Å². The molecule has 0 spiro atoms. The van der Waals surface area contributed by atoms with Gasteiger partial charge in [0, 0.05) is 29.4 Å². The summed E-state index contributed by atoms with van der Waals surface area (Å²) in [6.07, 6.45) is 8.18. The van der Waals surface area contributed by atoms with E-state index >= 15 is 0 Å². The number of fused-ring (bicyclic) bond motifs is 1. The van der Waals surface area contributed by atoms with E-state index in [1.807, 2.05) is 24.0 Å². The van der Waals surface area contributed by atoms with Crippen LogP contribution in [0.1, 0.15) is 24.8 Å². The van der Waals surface area contributed by atoms with Crippen LogP contribution in [0.3, 0.4) is 0 Å². The van der Waals surface area contributed by atoms with Gasteiger partial charge in [0.25, 0.3) is 0 Å². The SMILES string of the molecule is CSC1CCCC1NCc1ccnc2ccccc12. The summed E-state index contributed by atoms with van der Waals surface area (Å²) < 4.78 is 0. The van der Waals surface area contributed by atoms with Gasteiger partial charge in [0.1, 0.15) is 0 Å². The first-order chi connectivity index (χ1) is 9.38. The van der Waals surface area contributed by atoms with Crippen molar-refractivity contribution in [3.8, 4) is 0 Å². The maximum atomic E-state index is 4.42. The van der Waals surface area contributed by atoms with Gasteiger partial charge < -0.3 is 5.32 Å². The van der Waals surface area contributed by atoms with Crippen molar-refractivity contribution in [3.63, 3.8) is 0 Å². The van der Waals surface area contributed by atoms with Crippen molar-refractivity contribution in [1.29, 1.82) is 0 Å². The van der Waals surface area contributed by atoms with Gasteiger partial charge in [-0.1, -0.05) is 24.6 Å². The smallest absolute Gasteiger partial charge is 0.0705 e. The van der Waals surface area contributed by atoms with Crippen molar-refractivity contribution in [2.24, 2.45) is 0 Å². The summed E-state index contributed by atoms with van der Waals surface area (Å²) in [7, 11) is 0. The standard InChI is InChI=1S/C16H20N2S/c1-19-16-8-4-7-15(16)18-11-12-9-10-17-14-6-3-2-5-13(12)14/h2-3,5-6,9-10,15-16,18H,4,7-8,11H2,1H3. The number of aromatic nitrogens is 1. The Morgan fingerprint density at radius 2 is 2.16 bits per heavy atom. The molecule has 3 heteroatoms. The Morgan fingerprint density at radius 3 is 3.05 bits per heavy atom. The first-order valence-electron chi connectivity index (χ1n) is 6.97. The van der Waals surface area contributed by atoms with Gasteiger partial charge in [0.15, 0.2) is 0 Å². The molecule has 2 atom stereocenters. The zero-order valence-corrected chi connectivity index (χ0v) is 12.1. The molecule has 1 aliphatic carbocycles. The number of para-hydroxylation sites is 1. The van der Waals surface area contributed by atoms with E-state index in [2.05, 4.69) is 40.8 Å². The lowest BCUT2D eigenvalue weighted by molar-refractivity contribution is 0.533. The summed E-state index contributed by atoms with van der Waals surface area (Å²) in [6.45, 7) is 0.949. The highest BCUT2D eigenvalue weighted by molar-refractivity contribution is 7.99. The molecule has 3 rings (SSSR count). The summed E-state index contributed by atoms with van der Waals surface area (Å²) in [5.74, 6) is 0. The summed E-state index contributed by atoms with van der Waals surface area (Å²) in [5, 5.41) is 5.80. The van der Waals surface area contributed by atoms with E-state index < -0.39 is 0 Å². The van der Waals surface area contributed by atoms with E-state index in [4.69, 9.17) is 0 Å². The maximum absolute atomic E-state index is 4.42. The maximum Gasteiger partial charge on any atom is 0.0705 e. The molecular weight excluding hydrogens is 252 g/mol. The molecule has 1 aromatic heterocycles. The van der Waals surface area contributed by atoms with Crippen LogP contribution in [0.2, 0.25) is 0 Å². The van der Waals surface area contributed by atoms with Gasteiger partial charge in [-0.2, -0.15) is 11.8 Å². The lowest BCUT2D eigenvalue weighted by atomic mass is 10.1. The molecule has 1 fully saturated rings. The summed E-state index contributed by atoms with van der Waals surface area (Å²) >= 11 is 2.00. The van der Waals surface area contributed by atoms with Gasteiger partial charge in [0.05, 0.1) is 5.52 Å². The highest BCUT2D eigenvalue weighted by Crippen LogP contribution is 2.28. The predicted molar refractivity (Wildman–Crippen MR) is 83.5 cm³/mol. The van der Waals surface area contributed by atoms with Crippen molar-refractivity contribution in [2.75, 3.05) is 6.26 Å². The molecule has 2 unspecified atom stereocenters. The quantitative estimate of drug-likeness (QED) is 0.920. The Labute approximate surface area is 119 Å². The fourth-order valence-corrected chi connectivity index (χ4v) is 3.96. The average molecular weight is 272 g/mol. The second kappa shape index (κ2) is 5.93. The molecule has 100 valence electrons. The summed E-state index contributed by atoms with van der Waals surface area (Å²) in [4.78, 5) is 4.42. The van der Waals surface area contributed by atoms with Crippen LogP contribution >= 0.6 is 11.8 Å². The first-order valence-corrected chi connectivity index (χ1v) is 8.26. The van der Waals surface area contributed by atoms with Crippen molar-refractivity contribution in [1.82, 2.24) is 10.3 Å². The molecule has 0 radical (unpaired) electrons. The van der Waals surface area contributed by atoms with Crippen LogP contribution in [0, 0.1) is 0 Å². The molecule has 0 saturated heterocycles. The first kappa shape index (κ1) is 12.9. The minimum absolute atomic E-state index is 0.668. The topological polar surface area (TPSA) is 24.9 Å². The fraction of sp³-hybridized carbons (Fsp3) is 0.438. The number of hydrogen-bond donors (Lipinski definition) is 1. The van der Waals surface area contributed by atoms with Crippen molar-refractivity contribution in [3.05, 3.63) is 42.1 Å². The molecule has 0 bridgehead atoms. The molecule has 0 aliphatic heterocycles. The minimum atomic E-state index is 0.668. The Balaban J connectivity index is 1.75. The largest absolute Gasteiger partial charge is 0.309 e.